The fourth-order valence-corrected chi connectivity index (χ4v) is 3.26. The number of hydrogen-bond acceptors (Lipinski definition) is 5. The van der Waals surface area contributed by atoms with E-state index in [0.29, 0.717) is 24.9 Å². The van der Waals surface area contributed by atoms with Crippen molar-refractivity contribution < 1.29 is 19.4 Å². The van der Waals surface area contributed by atoms with Gasteiger partial charge in [0.05, 0.1) is 24.4 Å². The van der Waals surface area contributed by atoms with E-state index >= 15 is 0 Å². The van der Waals surface area contributed by atoms with Crippen LogP contribution in [0, 0.1) is 0 Å². The SMILES string of the molecule is COC(=O)c1ccc([C@@H]2C[C@@H](c3cnccn3)CCN2C(=O)O)cc1. The normalized spacial score (nSPS) is 20.1. The number of hydrogen-bond donors (Lipinski definition) is 1. The molecule has 1 aromatic heterocycles. The van der Waals surface area contributed by atoms with Crippen LogP contribution in [0.5, 0.6) is 0 Å². The molecule has 1 amide bonds. The average Bonchev–Trinajstić information content (AvgIpc) is 2.67. The van der Waals surface area contributed by atoms with Gasteiger partial charge in [0.2, 0.25) is 0 Å². The number of ether oxygens (including phenoxy) is 1. The third-order valence-corrected chi connectivity index (χ3v) is 4.57. The first kappa shape index (κ1) is 16.9. The molecule has 25 heavy (non-hydrogen) atoms. The fourth-order valence-electron chi connectivity index (χ4n) is 3.26. The van der Waals surface area contributed by atoms with Crippen LogP contribution in [0.1, 0.15) is 46.4 Å². The molecule has 1 aliphatic heterocycles. The quantitative estimate of drug-likeness (QED) is 0.863. The summed E-state index contributed by atoms with van der Waals surface area (Å²) in [4.78, 5) is 33.1. The molecule has 0 bridgehead atoms. The van der Waals surface area contributed by atoms with Gasteiger partial charge in [-0.05, 0) is 30.5 Å². The Kier molecular flexibility index (Phi) is 4.92. The van der Waals surface area contributed by atoms with E-state index in [1.807, 2.05) is 0 Å². The Morgan fingerprint density at radius 3 is 2.60 bits per heavy atom. The molecule has 130 valence electrons. The second-order valence-corrected chi connectivity index (χ2v) is 5.96. The smallest absolute Gasteiger partial charge is 0.407 e. The molecule has 2 atom stereocenters. The number of benzene rings is 1. The summed E-state index contributed by atoms with van der Waals surface area (Å²) in [6.07, 6.45) is 5.40. The molecular weight excluding hydrogens is 322 g/mol. The van der Waals surface area contributed by atoms with Gasteiger partial charge in [0, 0.05) is 31.1 Å². The van der Waals surface area contributed by atoms with Gasteiger partial charge in [0.25, 0.3) is 0 Å². The Balaban J connectivity index is 1.86. The Morgan fingerprint density at radius 2 is 2.00 bits per heavy atom. The first-order chi connectivity index (χ1) is 12.1. The summed E-state index contributed by atoms with van der Waals surface area (Å²) in [6, 6.07) is 6.60. The fraction of sp³-hybridized carbons (Fsp3) is 0.333. The number of piperidine rings is 1. The summed E-state index contributed by atoms with van der Waals surface area (Å²) in [5.74, 6) is -0.266. The standard InChI is InChI=1S/C18H19N3O4/c1-25-17(22)13-4-2-12(3-5-13)16-10-14(6-9-21(16)18(23)24)15-11-19-7-8-20-15/h2-5,7-8,11,14,16H,6,9-10H2,1H3,(H,23,24)/t14-,16-/m0/s1. The summed E-state index contributed by atoms with van der Waals surface area (Å²) in [5, 5.41) is 9.53. The van der Waals surface area contributed by atoms with Gasteiger partial charge >= 0.3 is 12.1 Å². The predicted molar refractivity (Wildman–Crippen MR) is 89.3 cm³/mol. The third-order valence-electron chi connectivity index (χ3n) is 4.57. The number of carbonyl (C=O) groups excluding carboxylic acids is 1. The lowest BCUT2D eigenvalue weighted by Crippen LogP contribution is -2.39. The van der Waals surface area contributed by atoms with Crippen molar-refractivity contribution in [3.8, 4) is 0 Å². The number of amides is 1. The van der Waals surface area contributed by atoms with E-state index in [1.165, 1.54) is 12.0 Å². The van der Waals surface area contributed by atoms with E-state index in [0.717, 1.165) is 11.3 Å². The highest BCUT2D eigenvalue weighted by Crippen LogP contribution is 2.38. The highest BCUT2D eigenvalue weighted by molar-refractivity contribution is 5.89. The van der Waals surface area contributed by atoms with Gasteiger partial charge < -0.3 is 14.7 Å². The number of carboxylic acid groups (broad SMARTS) is 1. The van der Waals surface area contributed by atoms with Crippen LogP contribution in [0.2, 0.25) is 0 Å². The Bertz CT molecular complexity index is 749. The second-order valence-electron chi connectivity index (χ2n) is 5.96. The zero-order valence-corrected chi connectivity index (χ0v) is 13.8. The molecule has 0 radical (unpaired) electrons. The maximum atomic E-state index is 11.6. The van der Waals surface area contributed by atoms with Crippen LogP contribution in [0.4, 0.5) is 4.79 Å². The lowest BCUT2D eigenvalue weighted by atomic mass is 9.85. The topological polar surface area (TPSA) is 92.6 Å². The van der Waals surface area contributed by atoms with Gasteiger partial charge in [-0.1, -0.05) is 12.1 Å². The Labute approximate surface area is 145 Å². The lowest BCUT2D eigenvalue weighted by molar-refractivity contribution is 0.0600. The van der Waals surface area contributed by atoms with Gasteiger partial charge in [-0.3, -0.25) is 9.97 Å². The minimum atomic E-state index is -0.945. The van der Waals surface area contributed by atoms with E-state index in [2.05, 4.69) is 9.97 Å². The van der Waals surface area contributed by atoms with E-state index in [-0.39, 0.29) is 12.0 Å². The molecule has 0 aliphatic carbocycles. The van der Waals surface area contributed by atoms with Gasteiger partial charge in [0.1, 0.15) is 0 Å². The largest absolute Gasteiger partial charge is 0.465 e. The van der Waals surface area contributed by atoms with Gasteiger partial charge in [-0.15, -0.1) is 0 Å². The number of likely N-dealkylation sites (tertiary alicyclic amines) is 1. The molecule has 7 nitrogen and oxygen atoms in total. The van der Waals surface area contributed by atoms with Crippen molar-refractivity contribution in [1.82, 2.24) is 14.9 Å². The van der Waals surface area contributed by atoms with Crippen LogP contribution in [0.25, 0.3) is 0 Å². The number of esters is 1. The predicted octanol–water partition coefficient (Wildman–Crippen LogP) is 2.86. The van der Waals surface area contributed by atoms with E-state index in [1.54, 1.807) is 42.9 Å². The van der Waals surface area contributed by atoms with Gasteiger partial charge in [-0.25, -0.2) is 9.59 Å². The molecule has 2 aromatic rings. The van der Waals surface area contributed by atoms with Crippen LogP contribution in [-0.4, -0.2) is 45.7 Å². The van der Waals surface area contributed by atoms with Gasteiger partial charge in [-0.2, -0.15) is 0 Å². The number of nitrogens with zero attached hydrogens (tertiary/aromatic N) is 3. The molecule has 1 saturated heterocycles. The first-order valence-electron chi connectivity index (χ1n) is 8.04. The van der Waals surface area contributed by atoms with Crippen LogP contribution in [0.15, 0.2) is 42.9 Å². The van der Waals surface area contributed by atoms with Crippen molar-refractivity contribution in [2.75, 3.05) is 13.7 Å². The number of rotatable bonds is 3. The van der Waals surface area contributed by atoms with E-state index in [4.69, 9.17) is 4.74 Å². The van der Waals surface area contributed by atoms with Crippen molar-refractivity contribution in [3.63, 3.8) is 0 Å². The van der Waals surface area contributed by atoms with E-state index in [9.17, 15) is 14.7 Å². The van der Waals surface area contributed by atoms with Gasteiger partial charge in [0.15, 0.2) is 0 Å². The highest BCUT2D eigenvalue weighted by atomic mass is 16.5. The van der Waals surface area contributed by atoms with Crippen molar-refractivity contribution in [1.29, 1.82) is 0 Å². The average molecular weight is 341 g/mol. The summed E-state index contributed by atoms with van der Waals surface area (Å²) in [6.45, 7) is 0.431. The molecule has 3 rings (SSSR count). The van der Waals surface area contributed by atoms with Crippen molar-refractivity contribution in [2.24, 2.45) is 0 Å². The molecule has 0 unspecified atom stereocenters. The molecule has 2 heterocycles. The van der Waals surface area contributed by atoms with Crippen molar-refractivity contribution >= 4 is 12.1 Å². The minimum absolute atomic E-state index is 0.148. The minimum Gasteiger partial charge on any atom is -0.465 e. The summed E-state index contributed by atoms with van der Waals surface area (Å²) < 4.78 is 4.70. The van der Waals surface area contributed by atoms with Crippen LogP contribution in [0.3, 0.4) is 0 Å². The third kappa shape index (κ3) is 3.60. The summed E-state index contributed by atoms with van der Waals surface area (Å²) in [7, 11) is 1.33. The molecule has 1 aliphatic rings. The van der Waals surface area contributed by atoms with Crippen molar-refractivity contribution in [3.05, 3.63) is 59.7 Å². The molecule has 7 heteroatoms. The zero-order chi connectivity index (χ0) is 17.8. The Morgan fingerprint density at radius 1 is 1.24 bits per heavy atom. The van der Waals surface area contributed by atoms with Crippen LogP contribution < -0.4 is 0 Å². The number of aromatic nitrogens is 2. The maximum absolute atomic E-state index is 11.6. The van der Waals surface area contributed by atoms with Crippen molar-refractivity contribution in [2.45, 2.75) is 24.8 Å². The summed E-state index contributed by atoms with van der Waals surface area (Å²) in [5.41, 5.74) is 2.17. The maximum Gasteiger partial charge on any atom is 0.407 e. The molecule has 0 saturated carbocycles. The molecule has 1 N–H and O–H groups in total. The lowest BCUT2D eigenvalue weighted by Gasteiger charge is -2.37. The summed E-state index contributed by atoms with van der Waals surface area (Å²) >= 11 is 0. The zero-order valence-electron chi connectivity index (χ0n) is 13.8. The monoisotopic (exact) mass is 341 g/mol. The molecule has 1 fully saturated rings. The van der Waals surface area contributed by atoms with Crippen LogP contribution >= 0.6 is 0 Å². The van der Waals surface area contributed by atoms with E-state index < -0.39 is 12.1 Å². The first-order valence-corrected chi connectivity index (χ1v) is 8.04. The number of carbonyl (C=O) groups is 2. The highest BCUT2D eigenvalue weighted by Gasteiger charge is 2.33. The molecule has 1 aromatic carbocycles. The molecule has 0 spiro atoms. The number of methoxy groups -OCH3 is 1. The van der Waals surface area contributed by atoms with Crippen LogP contribution in [-0.2, 0) is 4.74 Å². The molecular formula is C18H19N3O4. The second kappa shape index (κ2) is 7.29. The Hall–Kier alpha value is -2.96.